The Labute approximate surface area is 134 Å². The average Bonchev–Trinajstić information content (AvgIpc) is 2.46. The largest absolute Gasteiger partial charge is 0.343 e. The smallest absolute Gasteiger partial charge is 0.222 e. The Morgan fingerprint density at radius 2 is 1.95 bits per heavy atom. The van der Waals surface area contributed by atoms with Crippen molar-refractivity contribution in [2.24, 2.45) is 0 Å². The quantitative estimate of drug-likeness (QED) is 0.927. The number of carbonyl (C=O) groups is 1. The number of carbonyl (C=O) groups excluding carboxylic acids is 1. The van der Waals surface area contributed by atoms with E-state index in [1.807, 2.05) is 11.9 Å². The number of nitrogens with one attached hydrogen (secondary N) is 1. The van der Waals surface area contributed by atoms with Gasteiger partial charge in [-0.05, 0) is 51.3 Å². The van der Waals surface area contributed by atoms with Gasteiger partial charge in [-0.1, -0.05) is 23.8 Å². The zero-order valence-corrected chi connectivity index (χ0v) is 14.1. The third-order valence-corrected chi connectivity index (χ3v) is 4.36. The Hall–Kier alpha value is -1.06. The SMILES string of the molecule is CNC1CCN(C(=O)CCc2ccc(C)cc2C)CC1.Cl. The molecule has 1 aromatic rings. The number of hydrogen-bond acceptors (Lipinski definition) is 2. The third kappa shape index (κ3) is 5.01. The summed E-state index contributed by atoms with van der Waals surface area (Å²) in [5.74, 6) is 0.305. The first-order valence-corrected chi connectivity index (χ1v) is 7.61. The molecule has 1 aliphatic rings. The lowest BCUT2D eigenvalue weighted by Gasteiger charge is -2.32. The van der Waals surface area contributed by atoms with Crippen molar-refractivity contribution in [3.05, 3.63) is 34.9 Å². The Morgan fingerprint density at radius 3 is 2.52 bits per heavy atom. The van der Waals surface area contributed by atoms with Crippen LogP contribution < -0.4 is 5.32 Å². The molecule has 2 rings (SSSR count). The average molecular weight is 311 g/mol. The number of rotatable bonds is 4. The molecule has 1 aromatic carbocycles. The number of piperidine rings is 1. The molecule has 118 valence electrons. The van der Waals surface area contributed by atoms with E-state index in [-0.39, 0.29) is 12.4 Å². The highest BCUT2D eigenvalue weighted by Gasteiger charge is 2.21. The van der Waals surface area contributed by atoms with E-state index in [1.165, 1.54) is 16.7 Å². The molecule has 0 unspecified atom stereocenters. The molecular formula is C17H27ClN2O. The van der Waals surface area contributed by atoms with Gasteiger partial charge >= 0.3 is 0 Å². The number of nitrogens with zero attached hydrogens (tertiary/aromatic N) is 1. The second-order valence-corrected chi connectivity index (χ2v) is 5.87. The van der Waals surface area contributed by atoms with E-state index >= 15 is 0 Å². The van der Waals surface area contributed by atoms with E-state index in [2.05, 4.69) is 37.4 Å². The fourth-order valence-electron chi connectivity index (χ4n) is 2.94. The molecule has 0 aromatic heterocycles. The number of halogens is 1. The number of amides is 1. The summed E-state index contributed by atoms with van der Waals surface area (Å²) in [6.45, 7) is 6.04. The summed E-state index contributed by atoms with van der Waals surface area (Å²) in [4.78, 5) is 14.3. The maximum atomic E-state index is 12.3. The summed E-state index contributed by atoms with van der Waals surface area (Å²) in [7, 11) is 2.00. The highest BCUT2D eigenvalue weighted by molar-refractivity contribution is 5.85. The summed E-state index contributed by atoms with van der Waals surface area (Å²) in [5.41, 5.74) is 3.88. The van der Waals surface area contributed by atoms with Crippen LogP contribution in [-0.4, -0.2) is 37.0 Å². The molecule has 1 amide bonds. The molecule has 1 aliphatic heterocycles. The first kappa shape index (κ1) is 18.0. The molecule has 1 saturated heterocycles. The minimum absolute atomic E-state index is 0. The first-order valence-electron chi connectivity index (χ1n) is 7.61. The van der Waals surface area contributed by atoms with Gasteiger partial charge in [-0.15, -0.1) is 12.4 Å². The lowest BCUT2D eigenvalue weighted by atomic mass is 10.0. The van der Waals surface area contributed by atoms with Crippen molar-refractivity contribution in [1.29, 1.82) is 0 Å². The van der Waals surface area contributed by atoms with Crippen molar-refractivity contribution >= 4 is 18.3 Å². The second-order valence-electron chi connectivity index (χ2n) is 5.87. The van der Waals surface area contributed by atoms with Crippen molar-refractivity contribution in [2.75, 3.05) is 20.1 Å². The van der Waals surface area contributed by atoms with Crippen LogP contribution in [0.1, 0.15) is 36.0 Å². The second kappa shape index (κ2) is 8.40. The van der Waals surface area contributed by atoms with Gasteiger partial charge in [0.25, 0.3) is 0 Å². The normalized spacial score (nSPS) is 15.7. The lowest BCUT2D eigenvalue weighted by molar-refractivity contribution is -0.132. The highest BCUT2D eigenvalue weighted by atomic mass is 35.5. The van der Waals surface area contributed by atoms with Gasteiger partial charge in [-0.3, -0.25) is 4.79 Å². The molecule has 0 spiro atoms. The van der Waals surface area contributed by atoms with E-state index in [1.54, 1.807) is 0 Å². The number of benzene rings is 1. The van der Waals surface area contributed by atoms with Crippen LogP contribution in [0, 0.1) is 13.8 Å². The van der Waals surface area contributed by atoms with Crippen LogP contribution >= 0.6 is 12.4 Å². The van der Waals surface area contributed by atoms with Gasteiger partial charge in [-0.2, -0.15) is 0 Å². The molecule has 4 heteroatoms. The molecule has 0 radical (unpaired) electrons. The van der Waals surface area contributed by atoms with Crippen LogP contribution in [0.5, 0.6) is 0 Å². The van der Waals surface area contributed by atoms with Crippen LogP contribution in [0.25, 0.3) is 0 Å². The van der Waals surface area contributed by atoms with E-state index in [0.29, 0.717) is 18.4 Å². The van der Waals surface area contributed by atoms with Crippen molar-refractivity contribution in [3.63, 3.8) is 0 Å². The van der Waals surface area contributed by atoms with Gasteiger partial charge in [0.05, 0.1) is 0 Å². The molecule has 0 aliphatic carbocycles. The molecule has 21 heavy (non-hydrogen) atoms. The maximum absolute atomic E-state index is 12.3. The van der Waals surface area contributed by atoms with Crippen molar-refractivity contribution in [2.45, 2.75) is 45.6 Å². The zero-order valence-electron chi connectivity index (χ0n) is 13.3. The fourth-order valence-corrected chi connectivity index (χ4v) is 2.94. The Balaban J connectivity index is 0.00000220. The van der Waals surface area contributed by atoms with Gasteiger partial charge in [0, 0.05) is 25.6 Å². The minimum atomic E-state index is 0. The predicted molar refractivity (Wildman–Crippen MR) is 90.1 cm³/mol. The Bertz CT molecular complexity index is 468. The van der Waals surface area contributed by atoms with Gasteiger partial charge < -0.3 is 10.2 Å². The van der Waals surface area contributed by atoms with Crippen LogP contribution in [0.3, 0.4) is 0 Å². The molecule has 1 heterocycles. The molecule has 0 saturated carbocycles. The molecule has 1 N–H and O–H groups in total. The van der Waals surface area contributed by atoms with E-state index in [4.69, 9.17) is 0 Å². The van der Waals surface area contributed by atoms with E-state index < -0.39 is 0 Å². The van der Waals surface area contributed by atoms with Crippen LogP contribution in [-0.2, 0) is 11.2 Å². The Morgan fingerprint density at radius 1 is 1.29 bits per heavy atom. The summed E-state index contributed by atoms with van der Waals surface area (Å²) < 4.78 is 0. The number of aryl methyl sites for hydroxylation is 3. The predicted octanol–water partition coefficient (Wildman–Crippen LogP) is 2.87. The van der Waals surface area contributed by atoms with Crippen LogP contribution in [0.4, 0.5) is 0 Å². The van der Waals surface area contributed by atoms with Crippen LogP contribution in [0.15, 0.2) is 18.2 Å². The van der Waals surface area contributed by atoms with Crippen molar-refractivity contribution in [3.8, 4) is 0 Å². The highest BCUT2D eigenvalue weighted by Crippen LogP contribution is 2.15. The van der Waals surface area contributed by atoms with Gasteiger partial charge in [-0.25, -0.2) is 0 Å². The molecule has 0 atom stereocenters. The maximum Gasteiger partial charge on any atom is 0.222 e. The summed E-state index contributed by atoms with van der Waals surface area (Å²) in [6.07, 6.45) is 3.64. The Kier molecular flexibility index (Phi) is 7.20. The first-order chi connectivity index (χ1) is 9.60. The topological polar surface area (TPSA) is 32.3 Å². The molecule has 0 bridgehead atoms. The minimum Gasteiger partial charge on any atom is -0.343 e. The lowest BCUT2D eigenvalue weighted by Crippen LogP contribution is -2.44. The molecule has 3 nitrogen and oxygen atoms in total. The molecule has 1 fully saturated rings. The van der Waals surface area contributed by atoms with Crippen molar-refractivity contribution < 1.29 is 4.79 Å². The zero-order chi connectivity index (χ0) is 14.5. The number of hydrogen-bond donors (Lipinski definition) is 1. The monoisotopic (exact) mass is 310 g/mol. The van der Waals surface area contributed by atoms with Gasteiger partial charge in [0.2, 0.25) is 5.91 Å². The fraction of sp³-hybridized carbons (Fsp3) is 0.588. The van der Waals surface area contributed by atoms with E-state index in [9.17, 15) is 4.79 Å². The van der Waals surface area contributed by atoms with Crippen LogP contribution in [0.2, 0.25) is 0 Å². The number of likely N-dealkylation sites (tertiary alicyclic amines) is 1. The van der Waals surface area contributed by atoms with Crippen molar-refractivity contribution in [1.82, 2.24) is 10.2 Å². The molecular weight excluding hydrogens is 284 g/mol. The van der Waals surface area contributed by atoms with Gasteiger partial charge in [0.1, 0.15) is 0 Å². The van der Waals surface area contributed by atoms with E-state index in [0.717, 1.165) is 32.4 Å². The summed E-state index contributed by atoms with van der Waals surface area (Å²) >= 11 is 0. The summed E-state index contributed by atoms with van der Waals surface area (Å²) in [5, 5.41) is 3.30. The summed E-state index contributed by atoms with van der Waals surface area (Å²) in [6, 6.07) is 7.06. The van der Waals surface area contributed by atoms with Gasteiger partial charge in [0.15, 0.2) is 0 Å². The third-order valence-electron chi connectivity index (χ3n) is 4.36. The standard InChI is InChI=1S/C17H26N2O.ClH/c1-13-4-5-15(14(2)12-13)6-7-17(20)19-10-8-16(18-3)9-11-19;/h4-5,12,16,18H,6-11H2,1-3H3;1H.